The number of hydrogen-bond acceptors (Lipinski definition) is 4. The van der Waals surface area contributed by atoms with E-state index in [0.29, 0.717) is 5.57 Å². The van der Waals surface area contributed by atoms with Crippen molar-refractivity contribution >= 4 is 5.78 Å². The zero-order chi connectivity index (χ0) is 8.98. The molecule has 0 saturated carbocycles. The molecule has 2 heterocycles. The molecule has 0 aliphatic carbocycles. The maximum Gasteiger partial charge on any atom is 0.231 e. The zero-order valence-electron chi connectivity index (χ0n) is 7.21. The van der Waals surface area contributed by atoms with Gasteiger partial charge in [-0.15, -0.1) is 0 Å². The van der Waals surface area contributed by atoms with Crippen LogP contribution in [-0.2, 0) is 19.3 Å². The number of fused-ring (bicyclic) bond motifs is 2. The number of rotatable bonds is 1. The van der Waals surface area contributed by atoms with Crippen LogP contribution in [0.1, 0.15) is 20.8 Å². The van der Waals surface area contributed by atoms with Gasteiger partial charge in [-0.3, -0.25) is 4.79 Å². The van der Waals surface area contributed by atoms with Crippen LogP contribution in [0.4, 0.5) is 0 Å². The molecule has 0 aromatic heterocycles. The number of ether oxygens (including phenoxy) is 1. The highest BCUT2D eigenvalue weighted by Crippen LogP contribution is 2.45. The van der Waals surface area contributed by atoms with Gasteiger partial charge in [0.2, 0.25) is 11.6 Å². The van der Waals surface area contributed by atoms with Crippen LogP contribution in [0, 0.1) is 0 Å². The Kier molecular flexibility index (Phi) is 1.29. The Balaban J connectivity index is 2.43. The van der Waals surface area contributed by atoms with E-state index in [1.807, 2.05) is 0 Å². The second kappa shape index (κ2) is 1.96. The van der Waals surface area contributed by atoms with Gasteiger partial charge >= 0.3 is 0 Å². The molecule has 2 aliphatic rings. The molecular weight excluding hydrogens is 160 g/mol. The van der Waals surface area contributed by atoms with Gasteiger partial charge in [0.05, 0.1) is 5.57 Å². The van der Waals surface area contributed by atoms with Crippen molar-refractivity contribution in [1.29, 1.82) is 0 Å². The Hall–Kier alpha value is -0.710. The highest BCUT2D eigenvalue weighted by atomic mass is 17.3. The van der Waals surface area contributed by atoms with E-state index in [4.69, 9.17) is 14.5 Å². The predicted molar refractivity (Wildman–Crippen MR) is 38.8 cm³/mol. The summed E-state index contributed by atoms with van der Waals surface area (Å²) in [5, 5.41) is 0. The van der Waals surface area contributed by atoms with Gasteiger partial charge in [-0.2, -0.15) is 9.78 Å². The quantitative estimate of drug-likeness (QED) is 0.549. The first-order chi connectivity index (χ1) is 5.45. The molecule has 0 N–H and O–H groups in total. The van der Waals surface area contributed by atoms with Gasteiger partial charge in [-0.1, -0.05) is 0 Å². The van der Waals surface area contributed by atoms with E-state index < -0.39 is 11.6 Å². The maximum atomic E-state index is 11.1. The Labute approximate surface area is 70.0 Å². The number of Topliss-reactive ketones (excluding diaryl/α,β-unsaturated/α-hetero) is 1. The summed E-state index contributed by atoms with van der Waals surface area (Å²) in [5.74, 6) is -1.93. The number of hydrogen-bond donors (Lipinski definition) is 0. The average molecular weight is 170 g/mol. The summed E-state index contributed by atoms with van der Waals surface area (Å²) < 4.78 is 5.36. The summed E-state index contributed by atoms with van der Waals surface area (Å²) in [7, 11) is 0. The molecule has 2 atom stereocenters. The van der Waals surface area contributed by atoms with Crippen molar-refractivity contribution in [3.05, 3.63) is 11.6 Å². The van der Waals surface area contributed by atoms with Gasteiger partial charge in [0.25, 0.3) is 0 Å². The fourth-order valence-corrected chi connectivity index (χ4v) is 1.55. The highest BCUT2D eigenvalue weighted by molar-refractivity contribution is 5.95. The van der Waals surface area contributed by atoms with Gasteiger partial charge in [0.15, 0.2) is 5.78 Å². The van der Waals surface area contributed by atoms with E-state index >= 15 is 0 Å². The van der Waals surface area contributed by atoms with Gasteiger partial charge < -0.3 is 4.74 Å². The van der Waals surface area contributed by atoms with Crippen LogP contribution in [0.2, 0.25) is 0 Å². The number of carbonyl (C=O) groups is 1. The molecule has 2 aliphatic heterocycles. The molecular formula is C8H10O4. The van der Waals surface area contributed by atoms with E-state index in [2.05, 4.69) is 0 Å². The maximum absolute atomic E-state index is 11.1. The van der Waals surface area contributed by atoms with Crippen LogP contribution >= 0.6 is 0 Å². The van der Waals surface area contributed by atoms with Gasteiger partial charge in [-0.25, -0.2) is 0 Å². The van der Waals surface area contributed by atoms with Gasteiger partial charge in [0.1, 0.15) is 0 Å². The fourth-order valence-electron chi connectivity index (χ4n) is 1.55. The summed E-state index contributed by atoms with van der Waals surface area (Å²) in [4.78, 5) is 20.9. The second-order valence-electron chi connectivity index (χ2n) is 3.34. The lowest BCUT2D eigenvalue weighted by atomic mass is 10.0. The van der Waals surface area contributed by atoms with Gasteiger partial charge in [-0.05, 0) is 26.8 Å². The molecule has 0 radical (unpaired) electrons. The Morgan fingerprint density at radius 1 is 1.42 bits per heavy atom. The molecule has 4 nitrogen and oxygen atoms in total. The third kappa shape index (κ3) is 0.857. The third-order valence-electron chi connectivity index (χ3n) is 2.04. The molecule has 12 heavy (non-hydrogen) atoms. The number of ketones is 1. The molecule has 1 fully saturated rings. The smallest absolute Gasteiger partial charge is 0.231 e. The first-order valence-electron chi connectivity index (χ1n) is 3.76. The van der Waals surface area contributed by atoms with Crippen molar-refractivity contribution in [3.8, 4) is 0 Å². The standard InChI is InChI=1S/C8H10O4/c1-5(9)6-4-7(2)10-8(6,3)12-11-7/h4H,1-3H3/t7-,8+/m1/s1. The second-order valence-corrected chi connectivity index (χ2v) is 3.34. The predicted octanol–water partition coefficient (Wildman–Crippen LogP) is 0.926. The minimum Gasteiger partial charge on any atom is -0.305 e. The Morgan fingerprint density at radius 2 is 2.08 bits per heavy atom. The van der Waals surface area contributed by atoms with Crippen LogP contribution in [0.25, 0.3) is 0 Å². The largest absolute Gasteiger partial charge is 0.305 e. The normalized spacial score (nSPS) is 44.8. The molecule has 4 heteroatoms. The molecule has 66 valence electrons. The molecule has 0 amide bonds. The zero-order valence-corrected chi connectivity index (χ0v) is 7.21. The van der Waals surface area contributed by atoms with Crippen LogP contribution in [0.5, 0.6) is 0 Å². The minimum absolute atomic E-state index is 0.0514. The molecule has 0 spiro atoms. The minimum atomic E-state index is -0.999. The van der Waals surface area contributed by atoms with E-state index in [0.717, 1.165) is 0 Å². The van der Waals surface area contributed by atoms with Crippen molar-refractivity contribution in [2.24, 2.45) is 0 Å². The summed E-state index contributed by atoms with van der Waals surface area (Å²) >= 11 is 0. The third-order valence-corrected chi connectivity index (χ3v) is 2.04. The Morgan fingerprint density at radius 3 is 2.33 bits per heavy atom. The topological polar surface area (TPSA) is 44.8 Å². The molecule has 0 aromatic carbocycles. The first kappa shape index (κ1) is 7.91. The first-order valence-corrected chi connectivity index (χ1v) is 3.76. The van der Waals surface area contributed by atoms with Crippen molar-refractivity contribution < 1.29 is 19.3 Å². The van der Waals surface area contributed by atoms with Crippen LogP contribution < -0.4 is 0 Å². The van der Waals surface area contributed by atoms with E-state index in [9.17, 15) is 4.79 Å². The Bertz CT molecular complexity index is 283. The molecule has 1 saturated heterocycles. The molecule has 2 bridgehead atoms. The van der Waals surface area contributed by atoms with Crippen LogP contribution in [0.15, 0.2) is 11.6 Å². The van der Waals surface area contributed by atoms with Crippen molar-refractivity contribution in [2.45, 2.75) is 32.3 Å². The van der Waals surface area contributed by atoms with E-state index in [-0.39, 0.29) is 5.78 Å². The van der Waals surface area contributed by atoms with Crippen molar-refractivity contribution in [1.82, 2.24) is 0 Å². The lowest BCUT2D eigenvalue weighted by Crippen LogP contribution is -2.29. The molecule has 2 rings (SSSR count). The van der Waals surface area contributed by atoms with Crippen molar-refractivity contribution in [3.63, 3.8) is 0 Å². The highest BCUT2D eigenvalue weighted by Gasteiger charge is 2.56. The fraction of sp³-hybridized carbons (Fsp3) is 0.625. The van der Waals surface area contributed by atoms with E-state index in [1.54, 1.807) is 19.9 Å². The van der Waals surface area contributed by atoms with Gasteiger partial charge in [0, 0.05) is 0 Å². The van der Waals surface area contributed by atoms with E-state index in [1.165, 1.54) is 6.92 Å². The lowest BCUT2D eigenvalue weighted by Gasteiger charge is -2.17. The van der Waals surface area contributed by atoms with Crippen molar-refractivity contribution in [2.75, 3.05) is 0 Å². The summed E-state index contributed by atoms with van der Waals surface area (Å²) in [6, 6.07) is 0. The summed E-state index contributed by atoms with van der Waals surface area (Å²) in [5.41, 5.74) is 0.524. The summed E-state index contributed by atoms with van der Waals surface area (Å²) in [6.07, 6.45) is 1.65. The monoisotopic (exact) mass is 170 g/mol. The lowest BCUT2D eigenvalue weighted by molar-refractivity contribution is -0.334. The molecule has 0 aromatic rings. The summed E-state index contributed by atoms with van der Waals surface area (Å²) in [6.45, 7) is 4.85. The number of carbonyl (C=O) groups excluding carboxylic acids is 1. The molecule has 0 unspecified atom stereocenters. The van der Waals surface area contributed by atoms with Crippen LogP contribution in [-0.4, -0.2) is 17.4 Å². The van der Waals surface area contributed by atoms with Crippen LogP contribution in [0.3, 0.4) is 0 Å². The SMILES string of the molecule is CC(=O)C1=C[C@@]2(C)OO[C@]1(C)O2. The average Bonchev–Trinajstić information content (AvgIpc) is 2.36.